The molecule has 2 atom stereocenters. The fourth-order valence-corrected chi connectivity index (χ4v) is 7.62. The lowest BCUT2D eigenvalue weighted by molar-refractivity contribution is 0.224. The van der Waals surface area contributed by atoms with Crippen LogP contribution in [0.25, 0.3) is 0 Å². The molecule has 0 aliphatic rings. The lowest BCUT2D eigenvalue weighted by Gasteiger charge is -2.19. The Bertz CT molecular complexity index is 1170. The maximum absolute atomic E-state index is 13.7. The molecule has 0 aliphatic carbocycles. The van der Waals surface area contributed by atoms with Gasteiger partial charge in [-0.05, 0) is 35.7 Å². The monoisotopic (exact) mass is 468 g/mol. The van der Waals surface area contributed by atoms with Gasteiger partial charge in [0.1, 0.15) is 6.10 Å². The Morgan fingerprint density at radius 3 is 1.67 bits per heavy atom. The van der Waals surface area contributed by atoms with Crippen molar-refractivity contribution >= 4 is 20.3 Å². The molecule has 0 radical (unpaired) electrons. The van der Waals surface area contributed by atoms with Crippen molar-refractivity contribution in [3.05, 3.63) is 148 Å². The van der Waals surface area contributed by atoms with Crippen LogP contribution in [0.15, 0.2) is 131 Å². The van der Waals surface area contributed by atoms with Crippen LogP contribution in [-0.2, 0) is 10.8 Å². The molecule has 1 N–H and O–H groups in total. The van der Waals surface area contributed by atoms with Gasteiger partial charge >= 0.3 is 0 Å². The van der Waals surface area contributed by atoms with Crippen LogP contribution in [0.3, 0.4) is 0 Å². The van der Waals surface area contributed by atoms with Crippen molar-refractivity contribution in [3.8, 4) is 0 Å². The van der Waals surface area contributed by atoms with E-state index < -0.39 is 26.4 Å². The zero-order chi connectivity index (χ0) is 23.0. The second-order valence-electron chi connectivity index (χ2n) is 8.11. The molecule has 0 unspecified atom stereocenters. The average Bonchev–Trinajstić information content (AvgIpc) is 2.88. The molecule has 0 bridgehead atoms. The summed E-state index contributed by atoms with van der Waals surface area (Å²) in [4.78, 5) is 1.29. The molecule has 0 saturated carbocycles. The molecule has 0 saturated heterocycles. The van der Waals surface area contributed by atoms with Crippen LogP contribution >= 0.6 is 0 Å². The highest BCUT2D eigenvalue weighted by atomic mass is 32.2. The minimum atomic E-state index is -1.44. The topological polar surface area (TPSA) is 37.3 Å². The molecule has 33 heavy (non-hydrogen) atoms. The predicted octanol–water partition coefficient (Wildman–Crippen LogP) is 5.64. The SMILES string of the molecule is Cc1ccc([S@@](=O)/C(=C/[SiH2]C(c2ccccc2)c2ccccc2)[C@H](O)c2ccccc2)cc1. The fraction of sp³-hybridized carbons (Fsp3) is 0.103. The van der Waals surface area contributed by atoms with Crippen molar-refractivity contribution in [1.29, 1.82) is 0 Å². The summed E-state index contributed by atoms with van der Waals surface area (Å²) in [6.45, 7) is 2.01. The number of aliphatic hydroxyl groups excluding tert-OH is 1. The first kappa shape index (κ1) is 23.1. The highest BCUT2D eigenvalue weighted by Crippen LogP contribution is 2.30. The number of hydrogen-bond donors (Lipinski definition) is 1. The Morgan fingerprint density at radius 1 is 0.727 bits per heavy atom. The number of aliphatic hydroxyl groups is 1. The predicted molar refractivity (Wildman–Crippen MR) is 140 cm³/mol. The van der Waals surface area contributed by atoms with Gasteiger partial charge in [-0.3, -0.25) is 0 Å². The standard InChI is InChI=1S/C29H28O2SSi/c1-22-17-19-26(20-18-22)32(31)27(28(30)23-11-5-2-6-12-23)21-33-29(24-13-7-3-8-14-24)25-15-9-4-10-16-25/h2-21,28-30H,33H2,1H3/b27-21+/t28-,32-/m1/s1. The van der Waals surface area contributed by atoms with Crippen LogP contribution in [0.4, 0.5) is 0 Å². The maximum atomic E-state index is 13.7. The normalized spacial score (nSPS) is 14.0. The molecule has 4 aromatic rings. The first-order valence-electron chi connectivity index (χ1n) is 11.1. The van der Waals surface area contributed by atoms with Gasteiger partial charge in [-0.1, -0.05) is 114 Å². The van der Waals surface area contributed by atoms with E-state index in [2.05, 4.69) is 54.2 Å². The number of aryl methyl sites for hydroxylation is 1. The third-order valence-corrected chi connectivity index (χ3v) is 9.70. The van der Waals surface area contributed by atoms with E-state index in [4.69, 9.17) is 0 Å². The fourth-order valence-electron chi connectivity index (χ4n) is 3.96. The van der Waals surface area contributed by atoms with Gasteiger partial charge in [0.2, 0.25) is 0 Å². The van der Waals surface area contributed by atoms with Gasteiger partial charge in [0, 0.05) is 15.3 Å². The quantitative estimate of drug-likeness (QED) is 0.340. The summed E-state index contributed by atoms with van der Waals surface area (Å²) in [5.74, 6) is 0. The molecule has 4 heteroatoms. The lowest BCUT2D eigenvalue weighted by atomic mass is 10.0. The molecule has 4 rings (SSSR count). The maximum Gasteiger partial charge on any atom is 0.112 e. The van der Waals surface area contributed by atoms with E-state index in [1.165, 1.54) is 11.1 Å². The minimum Gasteiger partial charge on any atom is -0.383 e. The molecule has 0 amide bonds. The van der Waals surface area contributed by atoms with Crippen molar-refractivity contribution in [1.82, 2.24) is 0 Å². The van der Waals surface area contributed by atoms with Crippen molar-refractivity contribution in [3.63, 3.8) is 0 Å². The third-order valence-electron chi connectivity index (χ3n) is 5.79. The minimum absolute atomic E-state index is 0.236. The van der Waals surface area contributed by atoms with Crippen molar-refractivity contribution < 1.29 is 9.32 Å². The van der Waals surface area contributed by atoms with Gasteiger partial charge in [-0.15, -0.1) is 0 Å². The summed E-state index contributed by atoms with van der Waals surface area (Å²) >= 11 is 0. The number of rotatable bonds is 8. The number of benzene rings is 4. The van der Waals surface area contributed by atoms with Crippen LogP contribution in [0.2, 0.25) is 0 Å². The zero-order valence-electron chi connectivity index (χ0n) is 18.7. The van der Waals surface area contributed by atoms with Crippen molar-refractivity contribution in [2.75, 3.05) is 0 Å². The Hall–Kier alpha value is -3.05. The third kappa shape index (κ3) is 5.85. The molecule has 0 heterocycles. The largest absolute Gasteiger partial charge is 0.383 e. The zero-order valence-corrected chi connectivity index (χ0v) is 20.9. The van der Waals surface area contributed by atoms with Gasteiger partial charge in [0.15, 0.2) is 0 Å². The Balaban J connectivity index is 1.74. The molecular weight excluding hydrogens is 440 g/mol. The molecule has 166 valence electrons. The van der Waals surface area contributed by atoms with Crippen molar-refractivity contribution in [2.24, 2.45) is 0 Å². The highest BCUT2D eigenvalue weighted by Gasteiger charge is 2.22. The Labute approximate surface area is 200 Å². The second-order valence-corrected chi connectivity index (χ2v) is 11.3. The summed E-state index contributed by atoms with van der Waals surface area (Å²) in [5, 5.41) is 11.3. The van der Waals surface area contributed by atoms with Gasteiger partial charge < -0.3 is 5.11 Å². The van der Waals surface area contributed by atoms with E-state index in [9.17, 15) is 9.32 Å². The molecule has 4 aromatic carbocycles. The molecule has 0 aliphatic heterocycles. The van der Waals surface area contributed by atoms with Crippen molar-refractivity contribution in [2.45, 2.75) is 23.5 Å². The van der Waals surface area contributed by atoms with Gasteiger partial charge in [-0.25, -0.2) is 4.21 Å². The van der Waals surface area contributed by atoms with Crippen LogP contribution in [0.5, 0.6) is 0 Å². The summed E-state index contributed by atoms with van der Waals surface area (Å²) in [6.07, 6.45) is -0.909. The van der Waals surface area contributed by atoms with Crippen LogP contribution in [0, 0.1) is 6.92 Å². The molecule has 2 nitrogen and oxygen atoms in total. The van der Waals surface area contributed by atoms with Gasteiger partial charge in [0.25, 0.3) is 0 Å². The summed E-state index contributed by atoms with van der Waals surface area (Å²) < 4.78 is 13.7. The van der Waals surface area contributed by atoms with E-state index in [-0.39, 0.29) is 5.54 Å². The summed E-state index contributed by atoms with van der Waals surface area (Å²) in [7, 11) is -2.38. The van der Waals surface area contributed by atoms with Gasteiger partial charge in [0.05, 0.1) is 20.3 Å². The van der Waals surface area contributed by atoms with E-state index in [0.29, 0.717) is 9.80 Å². The Morgan fingerprint density at radius 2 is 1.18 bits per heavy atom. The highest BCUT2D eigenvalue weighted by molar-refractivity contribution is 7.89. The molecule has 0 spiro atoms. The van der Waals surface area contributed by atoms with Crippen LogP contribution < -0.4 is 0 Å². The lowest BCUT2D eigenvalue weighted by Crippen LogP contribution is -2.13. The van der Waals surface area contributed by atoms with E-state index in [1.54, 1.807) is 0 Å². The first-order chi connectivity index (χ1) is 16.1. The van der Waals surface area contributed by atoms with E-state index >= 15 is 0 Å². The Kier molecular flexibility index (Phi) is 7.84. The van der Waals surface area contributed by atoms with E-state index in [1.807, 2.05) is 73.7 Å². The molecule has 0 aromatic heterocycles. The number of hydrogen-bond acceptors (Lipinski definition) is 2. The molecule has 0 fully saturated rings. The van der Waals surface area contributed by atoms with Gasteiger partial charge in [-0.2, -0.15) is 0 Å². The molecular formula is C29H28O2SSi. The summed E-state index contributed by atoms with van der Waals surface area (Å²) in [5.41, 5.74) is 6.72. The summed E-state index contributed by atoms with van der Waals surface area (Å²) in [6, 6.07) is 38.1. The second kappa shape index (κ2) is 11.2. The average molecular weight is 469 g/mol. The van der Waals surface area contributed by atoms with E-state index in [0.717, 1.165) is 11.1 Å². The van der Waals surface area contributed by atoms with Crippen LogP contribution in [0.1, 0.15) is 33.9 Å². The van der Waals surface area contributed by atoms with Crippen LogP contribution in [-0.4, -0.2) is 18.8 Å². The smallest absolute Gasteiger partial charge is 0.112 e. The first-order valence-corrected chi connectivity index (χ1v) is 13.9.